The van der Waals surface area contributed by atoms with Crippen molar-refractivity contribution in [2.45, 2.75) is 0 Å². The minimum atomic E-state index is -0.492. The number of phenols is 1. The lowest BCUT2D eigenvalue weighted by molar-refractivity contribution is 0.102. The number of fused-ring (bicyclic) bond motifs is 1. The number of nitrogens with zero attached hydrogens (tertiary/aromatic N) is 7. The Hall–Kier alpha value is -5.43. The third-order valence-corrected chi connectivity index (χ3v) is 5.13. The molecule has 0 unspecified atom stereocenters. The second-order valence-corrected chi connectivity index (χ2v) is 7.32. The van der Waals surface area contributed by atoms with Gasteiger partial charge in [0.25, 0.3) is 11.6 Å². The van der Waals surface area contributed by atoms with E-state index in [-0.39, 0.29) is 28.5 Å². The van der Waals surface area contributed by atoms with Crippen LogP contribution >= 0.6 is 0 Å². The fourth-order valence-electron chi connectivity index (χ4n) is 3.52. The van der Waals surface area contributed by atoms with Crippen molar-refractivity contribution in [3.8, 4) is 11.6 Å². The molecule has 2 heterocycles. The van der Waals surface area contributed by atoms with Gasteiger partial charge in [-0.25, -0.2) is 9.53 Å². The van der Waals surface area contributed by atoms with Crippen LogP contribution in [0.5, 0.6) is 5.75 Å². The Balaban J connectivity index is 1.60. The molecule has 2 N–H and O–H groups in total. The van der Waals surface area contributed by atoms with Gasteiger partial charge in [-0.3, -0.25) is 4.79 Å². The third-order valence-electron chi connectivity index (χ3n) is 5.13. The Morgan fingerprint density at radius 3 is 2.60 bits per heavy atom. The molecule has 35 heavy (non-hydrogen) atoms. The zero-order valence-electron chi connectivity index (χ0n) is 18.1. The van der Waals surface area contributed by atoms with Gasteiger partial charge < -0.3 is 10.4 Å². The maximum Gasteiger partial charge on any atom is 0.260 e. The van der Waals surface area contributed by atoms with Crippen molar-refractivity contribution in [2.24, 2.45) is 10.2 Å². The molecule has 0 radical (unpaired) electrons. The molecule has 0 fully saturated rings. The molecule has 0 saturated heterocycles. The van der Waals surface area contributed by atoms with Crippen LogP contribution in [-0.4, -0.2) is 31.0 Å². The van der Waals surface area contributed by atoms with Crippen molar-refractivity contribution < 1.29 is 9.90 Å². The number of hydrogen-bond acceptors (Lipinski definition) is 7. The largest absolute Gasteiger partial charge is 0.505 e. The molecular weight excluding hydrogens is 444 g/mol. The van der Waals surface area contributed by atoms with Gasteiger partial charge in [0.2, 0.25) is 0 Å². The predicted octanol–water partition coefficient (Wildman–Crippen LogP) is 5.74. The molecule has 168 valence electrons. The highest BCUT2D eigenvalue weighted by Gasteiger charge is 2.20. The molecule has 0 aliphatic rings. The first-order valence-electron chi connectivity index (χ1n) is 10.4. The second kappa shape index (κ2) is 9.21. The molecule has 10 heteroatoms. The number of aromatic hydroxyl groups is 1. The number of carbonyl (C=O) groups is 1. The maximum absolute atomic E-state index is 13.2. The first-order chi connectivity index (χ1) is 17.2. The molecule has 5 aromatic rings. The Morgan fingerprint density at radius 1 is 1.03 bits per heavy atom. The van der Waals surface area contributed by atoms with Crippen molar-refractivity contribution in [3.63, 3.8) is 0 Å². The number of amides is 1. The molecule has 5 rings (SSSR count). The van der Waals surface area contributed by atoms with E-state index in [1.54, 1.807) is 54.6 Å². The van der Waals surface area contributed by atoms with Gasteiger partial charge in [0, 0.05) is 11.9 Å². The van der Waals surface area contributed by atoms with Gasteiger partial charge in [-0.15, -0.1) is 15.3 Å². The molecule has 1 amide bonds. The van der Waals surface area contributed by atoms with Crippen molar-refractivity contribution in [2.75, 3.05) is 5.32 Å². The van der Waals surface area contributed by atoms with Crippen LogP contribution in [-0.2, 0) is 0 Å². The Kier molecular flexibility index (Phi) is 5.63. The summed E-state index contributed by atoms with van der Waals surface area (Å²) in [6.45, 7) is 7.42. The molecule has 0 aliphatic heterocycles. The number of anilines is 1. The van der Waals surface area contributed by atoms with Crippen molar-refractivity contribution in [3.05, 3.63) is 102 Å². The van der Waals surface area contributed by atoms with Crippen LogP contribution in [0.25, 0.3) is 21.4 Å². The minimum absolute atomic E-state index is 0.0599. The van der Waals surface area contributed by atoms with E-state index in [0.717, 1.165) is 0 Å². The number of benzene rings is 3. The zero-order chi connectivity index (χ0) is 24.2. The van der Waals surface area contributed by atoms with Gasteiger partial charge in [-0.05, 0) is 41.1 Å². The van der Waals surface area contributed by atoms with E-state index in [1.807, 2.05) is 18.2 Å². The molecule has 2 aromatic heterocycles. The SMILES string of the molecule is [C-]#[N+]c1cnn(-c2cccnn2)c1N=Nc1cc2ccccc2c(C(=O)Nc2ccccc2)c1O. The highest BCUT2D eigenvalue weighted by molar-refractivity contribution is 6.16. The predicted molar refractivity (Wildman–Crippen MR) is 130 cm³/mol. The number of hydrogen-bond donors (Lipinski definition) is 2. The lowest BCUT2D eigenvalue weighted by atomic mass is 10.0. The number of phenolic OH excluding ortho intramolecular Hbond substituents is 1. The second-order valence-electron chi connectivity index (χ2n) is 7.32. The van der Waals surface area contributed by atoms with Crippen molar-refractivity contribution in [1.29, 1.82) is 0 Å². The first kappa shape index (κ1) is 21.4. The molecule has 0 aliphatic carbocycles. The van der Waals surface area contributed by atoms with Gasteiger partial charge in [-0.2, -0.15) is 10.2 Å². The molecule has 3 aromatic carbocycles. The van der Waals surface area contributed by atoms with E-state index in [1.165, 1.54) is 17.1 Å². The fraction of sp³-hybridized carbons (Fsp3) is 0. The van der Waals surface area contributed by atoms with Gasteiger partial charge in [-0.1, -0.05) is 42.5 Å². The van der Waals surface area contributed by atoms with E-state index < -0.39 is 5.91 Å². The number of rotatable bonds is 5. The van der Waals surface area contributed by atoms with Crippen LogP contribution < -0.4 is 5.32 Å². The van der Waals surface area contributed by atoms with Gasteiger partial charge in [0.05, 0.1) is 18.3 Å². The number of aromatic nitrogens is 4. The summed E-state index contributed by atoms with van der Waals surface area (Å²) in [5.41, 5.74) is 0.850. The summed E-state index contributed by atoms with van der Waals surface area (Å²) in [6.07, 6.45) is 2.86. The van der Waals surface area contributed by atoms with Gasteiger partial charge in [0.15, 0.2) is 17.4 Å². The molecule has 0 bridgehead atoms. The van der Waals surface area contributed by atoms with E-state index in [2.05, 4.69) is 35.7 Å². The Labute approximate surface area is 199 Å². The van der Waals surface area contributed by atoms with Crippen LogP contribution in [0.4, 0.5) is 22.9 Å². The van der Waals surface area contributed by atoms with Gasteiger partial charge in [0.1, 0.15) is 5.69 Å². The van der Waals surface area contributed by atoms with Crippen LogP contribution in [0.1, 0.15) is 10.4 Å². The topological polar surface area (TPSA) is 122 Å². The quantitative estimate of drug-likeness (QED) is 0.256. The summed E-state index contributed by atoms with van der Waals surface area (Å²) in [5, 5.41) is 35.4. The zero-order valence-corrected chi connectivity index (χ0v) is 18.1. The molecule has 0 saturated carbocycles. The molecule has 0 atom stereocenters. The summed E-state index contributed by atoms with van der Waals surface area (Å²) in [5.74, 6) is -0.366. The average Bonchev–Trinajstić information content (AvgIpc) is 3.31. The lowest BCUT2D eigenvalue weighted by Crippen LogP contribution is -2.12. The van der Waals surface area contributed by atoms with Crippen LogP contribution in [0.2, 0.25) is 0 Å². The smallest absolute Gasteiger partial charge is 0.260 e. The normalized spacial score (nSPS) is 10.9. The summed E-state index contributed by atoms with van der Waals surface area (Å²) in [4.78, 5) is 16.6. The van der Waals surface area contributed by atoms with E-state index in [9.17, 15) is 9.90 Å². The number of carbonyl (C=O) groups excluding carboxylic acids is 1. The molecule has 0 spiro atoms. The van der Waals surface area contributed by atoms with E-state index in [4.69, 9.17) is 6.57 Å². The fourth-order valence-corrected chi connectivity index (χ4v) is 3.52. The van der Waals surface area contributed by atoms with Crippen LogP contribution in [0, 0.1) is 6.57 Å². The summed E-state index contributed by atoms with van der Waals surface area (Å²) < 4.78 is 1.32. The van der Waals surface area contributed by atoms with Crippen molar-refractivity contribution >= 4 is 39.6 Å². The highest BCUT2D eigenvalue weighted by Crippen LogP contribution is 2.39. The minimum Gasteiger partial charge on any atom is -0.505 e. The van der Waals surface area contributed by atoms with E-state index >= 15 is 0 Å². The number of para-hydroxylation sites is 1. The molecule has 10 nitrogen and oxygen atoms in total. The maximum atomic E-state index is 13.2. The van der Waals surface area contributed by atoms with E-state index in [0.29, 0.717) is 22.3 Å². The van der Waals surface area contributed by atoms with Crippen LogP contribution in [0.3, 0.4) is 0 Å². The third kappa shape index (κ3) is 4.17. The molecular formula is C25H16N8O2. The summed E-state index contributed by atoms with van der Waals surface area (Å²) in [6, 6.07) is 21.0. The Bertz CT molecular complexity index is 1610. The lowest BCUT2D eigenvalue weighted by Gasteiger charge is -2.12. The highest BCUT2D eigenvalue weighted by atomic mass is 16.3. The first-order valence-corrected chi connectivity index (χ1v) is 10.4. The van der Waals surface area contributed by atoms with Gasteiger partial charge >= 0.3 is 0 Å². The number of azo groups is 1. The standard InChI is InChI=1S/C25H16N8O2/c1-26-20-15-28-33(21-12-7-13-27-31-21)24(20)32-30-19-14-16-8-5-6-11-18(16)22(23(19)34)25(35)29-17-9-3-2-4-10-17/h2-15,34H,(H,29,35). The summed E-state index contributed by atoms with van der Waals surface area (Å²) >= 11 is 0. The number of nitrogens with one attached hydrogen (secondary N) is 1. The summed E-state index contributed by atoms with van der Waals surface area (Å²) in [7, 11) is 0. The average molecular weight is 460 g/mol. The van der Waals surface area contributed by atoms with Crippen LogP contribution in [0.15, 0.2) is 95.4 Å². The Morgan fingerprint density at radius 2 is 1.83 bits per heavy atom. The monoisotopic (exact) mass is 460 g/mol. The van der Waals surface area contributed by atoms with Crippen molar-refractivity contribution in [1.82, 2.24) is 20.0 Å².